The molecule has 1 heterocycles. The van der Waals surface area contributed by atoms with Crippen LogP contribution in [0.5, 0.6) is 5.75 Å². The van der Waals surface area contributed by atoms with E-state index in [2.05, 4.69) is 5.32 Å². The number of carboxylic acid groups (broad SMARTS) is 1. The number of aliphatic hydroxyl groups is 1. The molecule has 0 fully saturated rings. The molecule has 6 nitrogen and oxygen atoms in total. The van der Waals surface area contributed by atoms with E-state index in [1.165, 1.54) is 19.2 Å². The predicted molar refractivity (Wildman–Crippen MR) is 62.8 cm³/mol. The van der Waals surface area contributed by atoms with Crippen molar-refractivity contribution in [2.45, 2.75) is 12.0 Å². The zero-order chi connectivity index (χ0) is 13.5. The molecule has 0 saturated carbocycles. The SMILES string of the molecule is COc1ccc(Cl)c2c1NC(=O)C2(O)CC(=O)O. The summed E-state index contributed by atoms with van der Waals surface area (Å²) < 4.78 is 5.03. The van der Waals surface area contributed by atoms with Crippen molar-refractivity contribution in [3.8, 4) is 5.75 Å². The molecule has 1 unspecified atom stereocenters. The maximum Gasteiger partial charge on any atom is 0.307 e. The minimum atomic E-state index is -2.17. The highest BCUT2D eigenvalue weighted by Gasteiger charge is 2.49. The van der Waals surface area contributed by atoms with Gasteiger partial charge in [0.2, 0.25) is 0 Å². The number of carboxylic acids is 1. The Hall–Kier alpha value is -1.79. The molecule has 7 heteroatoms. The lowest BCUT2D eigenvalue weighted by molar-refractivity contribution is -0.149. The van der Waals surface area contributed by atoms with Gasteiger partial charge in [-0.25, -0.2) is 0 Å². The van der Waals surface area contributed by atoms with Gasteiger partial charge in [-0.05, 0) is 12.1 Å². The summed E-state index contributed by atoms with van der Waals surface area (Å²) in [6.07, 6.45) is -0.765. The van der Waals surface area contributed by atoms with Gasteiger partial charge in [-0.3, -0.25) is 9.59 Å². The lowest BCUT2D eigenvalue weighted by Crippen LogP contribution is -2.36. The Morgan fingerprint density at radius 2 is 2.22 bits per heavy atom. The summed E-state index contributed by atoms with van der Waals surface area (Å²) in [6.45, 7) is 0. The number of benzene rings is 1. The monoisotopic (exact) mass is 271 g/mol. The number of carbonyl (C=O) groups is 2. The standard InChI is InChI=1S/C11H10ClNO5/c1-18-6-3-2-5(12)8-9(6)13-10(16)11(8,17)4-7(14)15/h2-3,17H,4H2,1H3,(H,13,16)(H,14,15). The van der Waals surface area contributed by atoms with E-state index in [1.54, 1.807) is 0 Å². The van der Waals surface area contributed by atoms with Gasteiger partial charge in [0.1, 0.15) is 5.75 Å². The zero-order valence-electron chi connectivity index (χ0n) is 9.36. The van der Waals surface area contributed by atoms with Crippen molar-refractivity contribution in [1.82, 2.24) is 0 Å². The number of fused-ring (bicyclic) bond motifs is 1. The highest BCUT2D eigenvalue weighted by atomic mass is 35.5. The fourth-order valence-electron chi connectivity index (χ4n) is 1.97. The first-order valence-corrected chi connectivity index (χ1v) is 5.40. The van der Waals surface area contributed by atoms with Crippen molar-refractivity contribution >= 4 is 29.2 Å². The first-order chi connectivity index (χ1) is 8.40. The third kappa shape index (κ3) is 1.70. The van der Waals surface area contributed by atoms with Crippen LogP contribution in [0, 0.1) is 0 Å². The number of anilines is 1. The molecule has 0 radical (unpaired) electrons. The summed E-state index contributed by atoms with van der Waals surface area (Å²) in [5.74, 6) is -1.82. The van der Waals surface area contributed by atoms with E-state index in [4.69, 9.17) is 21.4 Å². The maximum atomic E-state index is 11.8. The van der Waals surface area contributed by atoms with Crippen LogP contribution in [0.4, 0.5) is 5.69 Å². The Kier molecular flexibility index (Phi) is 2.92. The van der Waals surface area contributed by atoms with Gasteiger partial charge in [-0.1, -0.05) is 11.6 Å². The third-order valence-corrected chi connectivity index (χ3v) is 3.09. The van der Waals surface area contributed by atoms with Crippen molar-refractivity contribution in [1.29, 1.82) is 0 Å². The summed E-state index contributed by atoms with van der Waals surface area (Å²) >= 11 is 5.93. The van der Waals surface area contributed by atoms with Gasteiger partial charge in [-0.15, -0.1) is 0 Å². The molecule has 0 bridgehead atoms. The number of aliphatic carboxylic acids is 1. The molecule has 0 aromatic heterocycles. The van der Waals surface area contributed by atoms with Crippen LogP contribution < -0.4 is 10.1 Å². The number of nitrogens with one attached hydrogen (secondary N) is 1. The van der Waals surface area contributed by atoms with E-state index in [9.17, 15) is 14.7 Å². The topological polar surface area (TPSA) is 95.9 Å². The highest BCUT2D eigenvalue weighted by molar-refractivity contribution is 6.33. The number of ether oxygens (including phenoxy) is 1. The molecule has 96 valence electrons. The van der Waals surface area contributed by atoms with Crippen LogP contribution in [-0.4, -0.2) is 29.2 Å². The molecule has 2 rings (SSSR count). The first-order valence-electron chi connectivity index (χ1n) is 5.02. The minimum absolute atomic E-state index is 0.0379. The number of carbonyl (C=O) groups excluding carboxylic acids is 1. The maximum absolute atomic E-state index is 11.8. The molecular formula is C11H10ClNO5. The van der Waals surface area contributed by atoms with Crippen LogP contribution in [0.25, 0.3) is 0 Å². The van der Waals surface area contributed by atoms with Crippen molar-refractivity contribution in [3.05, 3.63) is 22.7 Å². The second kappa shape index (κ2) is 4.15. The highest BCUT2D eigenvalue weighted by Crippen LogP contribution is 2.47. The number of amides is 1. The number of rotatable bonds is 3. The first kappa shape index (κ1) is 12.7. The van der Waals surface area contributed by atoms with Crippen LogP contribution >= 0.6 is 11.6 Å². The number of halogens is 1. The van der Waals surface area contributed by atoms with Crippen LogP contribution in [-0.2, 0) is 15.2 Å². The van der Waals surface area contributed by atoms with E-state index >= 15 is 0 Å². The summed E-state index contributed by atoms with van der Waals surface area (Å²) in [5.41, 5.74) is -1.93. The molecule has 1 atom stereocenters. The summed E-state index contributed by atoms with van der Waals surface area (Å²) in [6, 6.07) is 2.96. The van der Waals surface area contributed by atoms with E-state index < -0.39 is 23.9 Å². The quantitative estimate of drug-likeness (QED) is 0.761. The Morgan fingerprint density at radius 3 is 2.78 bits per heavy atom. The van der Waals surface area contributed by atoms with Crippen LogP contribution in [0.15, 0.2) is 12.1 Å². The zero-order valence-corrected chi connectivity index (χ0v) is 10.1. The van der Waals surface area contributed by atoms with E-state index in [-0.39, 0.29) is 16.3 Å². The Balaban J connectivity index is 2.64. The molecule has 0 aliphatic carbocycles. The fourth-order valence-corrected chi connectivity index (χ4v) is 2.29. The Labute approximate surface area is 107 Å². The Morgan fingerprint density at radius 1 is 1.56 bits per heavy atom. The van der Waals surface area contributed by atoms with Gasteiger partial charge < -0.3 is 20.3 Å². The molecule has 1 aliphatic rings. The van der Waals surface area contributed by atoms with E-state index in [0.29, 0.717) is 5.75 Å². The van der Waals surface area contributed by atoms with Crippen molar-refractivity contribution in [2.24, 2.45) is 0 Å². The summed E-state index contributed by atoms with van der Waals surface area (Å²) in [7, 11) is 1.39. The van der Waals surface area contributed by atoms with Crippen molar-refractivity contribution in [2.75, 3.05) is 12.4 Å². The normalized spacial score (nSPS) is 21.4. The summed E-state index contributed by atoms with van der Waals surface area (Å²) in [5, 5.41) is 21.5. The van der Waals surface area contributed by atoms with Gasteiger partial charge >= 0.3 is 5.97 Å². The molecule has 18 heavy (non-hydrogen) atoms. The van der Waals surface area contributed by atoms with Gasteiger partial charge in [0.25, 0.3) is 5.91 Å². The lowest BCUT2D eigenvalue weighted by Gasteiger charge is -2.19. The number of hydrogen-bond donors (Lipinski definition) is 3. The van der Waals surface area contributed by atoms with Gasteiger partial charge in [0.05, 0.1) is 19.2 Å². The van der Waals surface area contributed by atoms with Crippen LogP contribution in [0.2, 0.25) is 5.02 Å². The second-order valence-electron chi connectivity index (χ2n) is 3.88. The number of methoxy groups -OCH3 is 1. The average molecular weight is 272 g/mol. The minimum Gasteiger partial charge on any atom is -0.495 e. The molecule has 1 aromatic rings. The average Bonchev–Trinajstić information content (AvgIpc) is 2.52. The smallest absolute Gasteiger partial charge is 0.307 e. The van der Waals surface area contributed by atoms with Gasteiger partial charge in [0.15, 0.2) is 5.60 Å². The molecule has 3 N–H and O–H groups in total. The predicted octanol–water partition coefficient (Wildman–Crippen LogP) is 0.963. The molecule has 1 aromatic carbocycles. The van der Waals surface area contributed by atoms with Gasteiger partial charge in [0, 0.05) is 10.6 Å². The third-order valence-electron chi connectivity index (χ3n) is 2.77. The van der Waals surface area contributed by atoms with E-state index in [1.807, 2.05) is 0 Å². The van der Waals surface area contributed by atoms with E-state index in [0.717, 1.165) is 0 Å². The van der Waals surface area contributed by atoms with Crippen LogP contribution in [0.1, 0.15) is 12.0 Å². The van der Waals surface area contributed by atoms with Crippen molar-refractivity contribution < 1.29 is 24.5 Å². The Bertz CT molecular complexity index is 544. The fraction of sp³-hybridized carbons (Fsp3) is 0.273. The number of hydrogen-bond acceptors (Lipinski definition) is 4. The molecule has 1 aliphatic heterocycles. The van der Waals surface area contributed by atoms with Crippen LogP contribution in [0.3, 0.4) is 0 Å². The molecule has 1 amide bonds. The molecule has 0 spiro atoms. The lowest BCUT2D eigenvalue weighted by atomic mass is 9.91. The van der Waals surface area contributed by atoms with Crippen molar-refractivity contribution in [3.63, 3.8) is 0 Å². The molecular weight excluding hydrogens is 262 g/mol. The van der Waals surface area contributed by atoms with Gasteiger partial charge in [-0.2, -0.15) is 0 Å². The molecule has 0 saturated heterocycles. The summed E-state index contributed by atoms with van der Waals surface area (Å²) in [4.78, 5) is 22.5. The largest absolute Gasteiger partial charge is 0.495 e. The second-order valence-corrected chi connectivity index (χ2v) is 4.29.